The van der Waals surface area contributed by atoms with Crippen molar-refractivity contribution < 1.29 is 4.52 Å². The second-order valence-corrected chi connectivity index (χ2v) is 4.31. The number of hydrogen-bond acceptors (Lipinski definition) is 3. The topological polar surface area (TPSA) is 38.1 Å². The molecule has 0 aromatic carbocycles. The third-order valence-electron chi connectivity index (χ3n) is 2.93. The molecular weight excluding hydrogens is 176 g/mol. The second-order valence-electron chi connectivity index (χ2n) is 4.31. The van der Waals surface area contributed by atoms with Crippen molar-refractivity contribution in [3.63, 3.8) is 0 Å². The highest BCUT2D eigenvalue weighted by molar-refractivity contribution is 5.24. The van der Waals surface area contributed by atoms with E-state index in [-0.39, 0.29) is 0 Å². The molecule has 1 atom stereocenters. The summed E-state index contributed by atoms with van der Waals surface area (Å²) in [6.45, 7) is 7.28. The molecule has 3 nitrogen and oxygen atoms in total. The van der Waals surface area contributed by atoms with Gasteiger partial charge in [-0.25, -0.2) is 0 Å². The molecule has 0 spiro atoms. The summed E-state index contributed by atoms with van der Waals surface area (Å²) in [5.41, 5.74) is 2.24. The van der Waals surface area contributed by atoms with Crippen LogP contribution in [0.3, 0.4) is 0 Å². The number of rotatable bonds is 4. The first-order chi connectivity index (χ1) is 6.68. The molecular formula is C11H18N2O. The summed E-state index contributed by atoms with van der Waals surface area (Å²) in [4.78, 5) is 0. The van der Waals surface area contributed by atoms with Gasteiger partial charge < -0.3 is 9.84 Å². The van der Waals surface area contributed by atoms with Crippen molar-refractivity contribution in [2.45, 2.75) is 39.7 Å². The molecule has 1 aliphatic rings. The van der Waals surface area contributed by atoms with Crippen LogP contribution in [0.2, 0.25) is 0 Å². The van der Waals surface area contributed by atoms with Crippen molar-refractivity contribution >= 4 is 0 Å². The van der Waals surface area contributed by atoms with Gasteiger partial charge in [-0.15, -0.1) is 0 Å². The maximum atomic E-state index is 5.15. The molecule has 0 amide bonds. The highest BCUT2D eigenvalue weighted by Crippen LogP contribution is 2.29. The summed E-state index contributed by atoms with van der Waals surface area (Å²) in [5, 5.41) is 7.49. The van der Waals surface area contributed by atoms with Crippen LogP contribution < -0.4 is 5.32 Å². The van der Waals surface area contributed by atoms with Gasteiger partial charge in [-0.1, -0.05) is 5.16 Å². The molecule has 1 aromatic heterocycles. The standard InChI is InChI=1S/C11H18N2O/c1-7(12-6-10-4-5-10)11-8(2)13-14-9(11)3/h7,10,12H,4-6H2,1-3H3. The zero-order chi connectivity index (χ0) is 10.1. The molecule has 1 saturated carbocycles. The third-order valence-corrected chi connectivity index (χ3v) is 2.93. The van der Waals surface area contributed by atoms with Crippen LogP contribution in [0.1, 0.15) is 42.8 Å². The van der Waals surface area contributed by atoms with Gasteiger partial charge in [0.15, 0.2) is 0 Å². The molecule has 0 radical (unpaired) electrons. The normalized spacial score (nSPS) is 18.5. The van der Waals surface area contributed by atoms with Gasteiger partial charge in [-0.05, 0) is 46.1 Å². The molecule has 0 aliphatic heterocycles. The quantitative estimate of drug-likeness (QED) is 0.799. The molecule has 1 N–H and O–H groups in total. The van der Waals surface area contributed by atoms with Crippen LogP contribution in [0.15, 0.2) is 4.52 Å². The predicted octanol–water partition coefficient (Wildman–Crippen LogP) is 2.35. The molecule has 3 heteroatoms. The Morgan fingerprint density at radius 2 is 2.21 bits per heavy atom. The first kappa shape index (κ1) is 9.71. The molecule has 14 heavy (non-hydrogen) atoms. The van der Waals surface area contributed by atoms with Crippen LogP contribution in [0.5, 0.6) is 0 Å². The number of aryl methyl sites for hydroxylation is 2. The third kappa shape index (κ3) is 1.98. The molecule has 1 fully saturated rings. The van der Waals surface area contributed by atoms with E-state index in [1.807, 2.05) is 13.8 Å². The van der Waals surface area contributed by atoms with Crippen LogP contribution >= 0.6 is 0 Å². The van der Waals surface area contributed by atoms with E-state index in [9.17, 15) is 0 Å². The number of hydrogen-bond donors (Lipinski definition) is 1. The van der Waals surface area contributed by atoms with Crippen molar-refractivity contribution in [2.75, 3.05) is 6.54 Å². The average Bonchev–Trinajstić information content (AvgIpc) is 2.90. The molecule has 1 heterocycles. The highest BCUT2D eigenvalue weighted by Gasteiger charge is 2.23. The number of aromatic nitrogens is 1. The Balaban J connectivity index is 1.97. The van der Waals surface area contributed by atoms with Crippen LogP contribution in [0.4, 0.5) is 0 Å². The monoisotopic (exact) mass is 194 g/mol. The van der Waals surface area contributed by atoms with Crippen molar-refractivity contribution in [3.05, 3.63) is 17.0 Å². The summed E-state index contributed by atoms with van der Waals surface area (Å²) >= 11 is 0. The van der Waals surface area contributed by atoms with Gasteiger partial charge in [0.2, 0.25) is 0 Å². The van der Waals surface area contributed by atoms with Gasteiger partial charge in [-0.3, -0.25) is 0 Å². The highest BCUT2D eigenvalue weighted by atomic mass is 16.5. The lowest BCUT2D eigenvalue weighted by Gasteiger charge is -2.12. The van der Waals surface area contributed by atoms with Gasteiger partial charge in [0.05, 0.1) is 5.69 Å². The Labute approximate surface area is 84.9 Å². The van der Waals surface area contributed by atoms with Gasteiger partial charge in [0.25, 0.3) is 0 Å². The largest absolute Gasteiger partial charge is 0.361 e. The predicted molar refractivity (Wildman–Crippen MR) is 55.1 cm³/mol. The van der Waals surface area contributed by atoms with E-state index < -0.39 is 0 Å². The van der Waals surface area contributed by atoms with E-state index in [0.29, 0.717) is 6.04 Å². The van der Waals surface area contributed by atoms with Crippen LogP contribution in [-0.2, 0) is 0 Å². The number of nitrogens with zero attached hydrogens (tertiary/aromatic N) is 1. The van der Waals surface area contributed by atoms with E-state index in [1.165, 1.54) is 18.4 Å². The van der Waals surface area contributed by atoms with Gasteiger partial charge in [0, 0.05) is 11.6 Å². The fourth-order valence-corrected chi connectivity index (χ4v) is 1.88. The minimum atomic E-state index is 0.363. The zero-order valence-electron chi connectivity index (χ0n) is 9.13. The SMILES string of the molecule is Cc1noc(C)c1C(C)NCC1CC1. The lowest BCUT2D eigenvalue weighted by molar-refractivity contribution is 0.390. The summed E-state index contributed by atoms with van der Waals surface area (Å²) in [6.07, 6.45) is 2.78. The Morgan fingerprint density at radius 1 is 1.50 bits per heavy atom. The van der Waals surface area contributed by atoms with Crippen molar-refractivity contribution in [3.8, 4) is 0 Å². The minimum absolute atomic E-state index is 0.363. The van der Waals surface area contributed by atoms with E-state index in [4.69, 9.17) is 4.52 Å². The van der Waals surface area contributed by atoms with Crippen LogP contribution in [0.25, 0.3) is 0 Å². The summed E-state index contributed by atoms with van der Waals surface area (Å²) in [5.74, 6) is 1.86. The maximum Gasteiger partial charge on any atom is 0.138 e. The van der Waals surface area contributed by atoms with Crippen molar-refractivity contribution in [2.24, 2.45) is 5.92 Å². The second kappa shape index (κ2) is 3.73. The first-order valence-corrected chi connectivity index (χ1v) is 5.34. The Hall–Kier alpha value is -0.830. The summed E-state index contributed by atoms with van der Waals surface area (Å²) in [6, 6.07) is 0.363. The van der Waals surface area contributed by atoms with Crippen LogP contribution in [-0.4, -0.2) is 11.7 Å². The Kier molecular flexibility index (Phi) is 2.59. The minimum Gasteiger partial charge on any atom is -0.361 e. The van der Waals surface area contributed by atoms with Crippen molar-refractivity contribution in [1.82, 2.24) is 10.5 Å². The van der Waals surface area contributed by atoms with E-state index in [2.05, 4.69) is 17.4 Å². The van der Waals surface area contributed by atoms with E-state index >= 15 is 0 Å². The average molecular weight is 194 g/mol. The van der Waals surface area contributed by atoms with E-state index in [1.54, 1.807) is 0 Å². The lowest BCUT2D eigenvalue weighted by atomic mass is 10.1. The molecule has 0 bridgehead atoms. The molecule has 1 aromatic rings. The van der Waals surface area contributed by atoms with Crippen LogP contribution in [0, 0.1) is 19.8 Å². The van der Waals surface area contributed by atoms with Crippen molar-refractivity contribution in [1.29, 1.82) is 0 Å². The lowest BCUT2D eigenvalue weighted by Crippen LogP contribution is -2.21. The zero-order valence-corrected chi connectivity index (χ0v) is 9.13. The molecule has 1 aliphatic carbocycles. The van der Waals surface area contributed by atoms with Gasteiger partial charge >= 0.3 is 0 Å². The first-order valence-electron chi connectivity index (χ1n) is 5.34. The maximum absolute atomic E-state index is 5.15. The number of nitrogens with one attached hydrogen (secondary N) is 1. The van der Waals surface area contributed by atoms with Gasteiger partial charge in [0.1, 0.15) is 5.76 Å². The Morgan fingerprint density at radius 3 is 2.71 bits per heavy atom. The fraction of sp³-hybridized carbons (Fsp3) is 0.727. The Bertz CT molecular complexity index is 296. The summed E-state index contributed by atoms with van der Waals surface area (Å²) in [7, 11) is 0. The summed E-state index contributed by atoms with van der Waals surface area (Å²) < 4.78 is 5.15. The van der Waals surface area contributed by atoms with Gasteiger partial charge in [-0.2, -0.15) is 0 Å². The molecule has 2 rings (SSSR count). The molecule has 1 unspecified atom stereocenters. The fourth-order valence-electron chi connectivity index (χ4n) is 1.88. The smallest absolute Gasteiger partial charge is 0.138 e. The van der Waals surface area contributed by atoms with E-state index in [0.717, 1.165) is 23.9 Å². The molecule has 0 saturated heterocycles. The molecule has 78 valence electrons.